The molecule has 21 heavy (non-hydrogen) atoms. The highest BCUT2D eigenvalue weighted by molar-refractivity contribution is 8.13. The Bertz CT molecular complexity index is 603. The number of para-hydroxylation sites is 1. The smallest absolute Gasteiger partial charge is 0.255 e. The molecule has 2 atom stereocenters. The van der Waals surface area contributed by atoms with Crippen molar-refractivity contribution in [1.29, 1.82) is 0 Å². The topological polar surface area (TPSA) is 56.7 Å². The average Bonchev–Trinajstić information content (AvgIpc) is 2.47. The van der Waals surface area contributed by atoms with Crippen molar-refractivity contribution in [3.8, 4) is 0 Å². The van der Waals surface area contributed by atoms with E-state index in [1.54, 1.807) is 0 Å². The minimum Gasteiger partial charge on any atom is -0.361 e. The van der Waals surface area contributed by atoms with Crippen molar-refractivity contribution in [1.82, 2.24) is 10.3 Å². The highest BCUT2D eigenvalue weighted by Gasteiger charge is 2.46. The summed E-state index contributed by atoms with van der Waals surface area (Å²) in [6.45, 7) is 4.26. The molecule has 1 amide bonds. The van der Waals surface area contributed by atoms with E-state index in [1.165, 1.54) is 11.8 Å². The van der Waals surface area contributed by atoms with Gasteiger partial charge >= 0.3 is 0 Å². The summed E-state index contributed by atoms with van der Waals surface area (Å²) in [6, 6.07) is 7.61. The van der Waals surface area contributed by atoms with Crippen LogP contribution in [0.1, 0.15) is 38.3 Å². The minimum atomic E-state index is -0.366. The zero-order valence-electron chi connectivity index (χ0n) is 12.5. The summed E-state index contributed by atoms with van der Waals surface area (Å²) in [6.07, 6.45) is 3.85. The van der Waals surface area contributed by atoms with Crippen LogP contribution in [0.15, 0.2) is 29.4 Å². The van der Waals surface area contributed by atoms with Crippen LogP contribution in [0.3, 0.4) is 0 Å². The van der Waals surface area contributed by atoms with Crippen molar-refractivity contribution in [2.75, 3.05) is 11.6 Å². The van der Waals surface area contributed by atoms with Crippen LogP contribution in [0.25, 0.3) is 0 Å². The molecule has 0 saturated heterocycles. The Labute approximate surface area is 129 Å². The normalized spacial score (nSPS) is 27.2. The van der Waals surface area contributed by atoms with E-state index < -0.39 is 0 Å². The van der Waals surface area contributed by atoms with Gasteiger partial charge in [0.15, 0.2) is 11.2 Å². The average molecular weight is 304 g/mol. The molecule has 0 aliphatic carbocycles. The van der Waals surface area contributed by atoms with Gasteiger partial charge in [-0.25, -0.2) is 0 Å². The van der Waals surface area contributed by atoms with Crippen LogP contribution in [0.4, 0.5) is 5.69 Å². The fourth-order valence-corrected chi connectivity index (χ4v) is 3.46. The first-order valence-electron chi connectivity index (χ1n) is 7.19. The van der Waals surface area contributed by atoms with Crippen LogP contribution in [0.2, 0.25) is 0 Å². The zero-order chi connectivity index (χ0) is 15.0. The lowest BCUT2D eigenvalue weighted by Crippen LogP contribution is -2.60. The Morgan fingerprint density at radius 2 is 2.19 bits per heavy atom. The minimum absolute atomic E-state index is 0.00868. The van der Waals surface area contributed by atoms with E-state index in [2.05, 4.69) is 29.6 Å². The molecule has 0 bridgehead atoms. The number of anilines is 1. The van der Waals surface area contributed by atoms with E-state index in [9.17, 15) is 4.79 Å². The van der Waals surface area contributed by atoms with E-state index in [4.69, 9.17) is 0 Å². The maximum atomic E-state index is 12.6. The molecule has 0 fully saturated rings. The van der Waals surface area contributed by atoms with Gasteiger partial charge in [-0.1, -0.05) is 43.3 Å². The first-order chi connectivity index (χ1) is 10.1. The van der Waals surface area contributed by atoms with Crippen molar-refractivity contribution in [2.24, 2.45) is 5.10 Å². The molecule has 6 heteroatoms. The lowest BCUT2D eigenvalue weighted by Gasteiger charge is -2.50. The second-order valence-electron chi connectivity index (χ2n) is 5.58. The second-order valence-corrected chi connectivity index (χ2v) is 6.38. The number of hydrazone groups is 1. The van der Waals surface area contributed by atoms with Crippen molar-refractivity contribution >= 4 is 28.5 Å². The standard InChI is InChI=1S/C15H20N4OS/c1-4-9-15(2)17-11-8-6-5-7-10(11)12-13(20)16-14(21-3)18-19(12)15/h5-8,12,17H,4,9H2,1-3H3,(H,16,18,20)/t12-,15+/m1/s1. The number of carbonyl (C=O) groups excluding carboxylic acids is 1. The van der Waals surface area contributed by atoms with Crippen LogP contribution in [0, 0.1) is 0 Å². The summed E-state index contributed by atoms with van der Waals surface area (Å²) < 4.78 is 0. The molecule has 112 valence electrons. The molecule has 0 saturated carbocycles. The summed E-state index contributed by atoms with van der Waals surface area (Å²) in [7, 11) is 0. The molecular weight excluding hydrogens is 284 g/mol. The maximum absolute atomic E-state index is 12.6. The molecule has 2 heterocycles. The van der Waals surface area contributed by atoms with E-state index in [-0.39, 0.29) is 17.6 Å². The summed E-state index contributed by atoms with van der Waals surface area (Å²) >= 11 is 1.45. The van der Waals surface area contributed by atoms with Gasteiger partial charge in [0, 0.05) is 11.3 Å². The molecule has 1 aromatic carbocycles. The maximum Gasteiger partial charge on any atom is 0.255 e. The highest BCUT2D eigenvalue weighted by atomic mass is 32.2. The van der Waals surface area contributed by atoms with Crippen LogP contribution >= 0.6 is 11.8 Å². The number of hydrogen-bond acceptors (Lipinski definition) is 5. The molecular formula is C15H20N4OS. The SMILES string of the molecule is CCC[C@@]1(C)Nc2ccccc2[C@@H]2C(=O)NC(SC)=NN21. The lowest BCUT2D eigenvalue weighted by atomic mass is 9.92. The Morgan fingerprint density at radius 1 is 1.43 bits per heavy atom. The van der Waals surface area contributed by atoms with Crippen molar-refractivity contribution < 1.29 is 4.79 Å². The van der Waals surface area contributed by atoms with Gasteiger partial charge in [-0.05, 0) is 25.7 Å². The molecule has 2 aliphatic heterocycles. The molecule has 2 aliphatic rings. The number of benzene rings is 1. The predicted molar refractivity (Wildman–Crippen MR) is 87.1 cm³/mol. The van der Waals surface area contributed by atoms with E-state index in [1.807, 2.05) is 35.5 Å². The third kappa shape index (κ3) is 2.27. The first kappa shape index (κ1) is 14.3. The summed E-state index contributed by atoms with van der Waals surface area (Å²) in [5.41, 5.74) is 1.65. The van der Waals surface area contributed by atoms with Crippen molar-refractivity contribution in [3.63, 3.8) is 0 Å². The third-order valence-corrected chi connectivity index (χ3v) is 4.59. The number of amidine groups is 1. The molecule has 0 aromatic heterocycles. The van der Waals surface area contributed by atoms with Crippen LogP contribution in [-0.2, 0) is 4.79 Å². The highest BCUT2D eigenvalue weighted by Crippen LogP contribution is 2.42. The van der Waals surface area contributed by atoms with Gasteiger partial charge in [-0.15, -0.1) is 5.10 Å². The molecule has 1 aromatic rings. The summed E-state index contributed by atoms with van der Waals surface area (Å²) in [5.74, 6) is -0.00868. The predicted octanol–water partition coefficient (Wildman–Crippen LogP) is 2.74. The molecule has 5 nitrogen and oxygen atoms in total. The Kier molecular flexibility index (Phi) is 3.57. The number of fused-ring (bicyclic) bond motifs is 3. The van der Waals surface area contributed by atoms with Crippen molar-refractivity contribution in [3.05, 3.63) is 29.8 Å². The third-order valence-electron chi connectivity index (χ3n) is 4.02. The number of amides is 1. The fraction of sp³-hybridized carbons (Fsp3) is 0.467. The monoisotopic (exact) mass is 304 g/mol. The molecule has 0 radical (unpaired) electrons. The van der Waals surface area contributed by atoms with Crippen LogP contribution < -0.4 is 10.6 Å². The number of thioether (sulfide) groups is 1. The molecule has 0 spiro atoms. The van der Waals surface area contributed by atoms with E-state index in [0.29, 0.717) is 5.17 Å². The van der Waals surface area contributed by atoms with Gasteiger partial charge in [0.25, 0.3) is 5.91 Å². The van der Waals surface area contributed by atoms with Gasteiger partial charge in [0.05, 0.1) is 0 Å². The number of hydrogen-bond donors (Lipinski definition) is 2. The molecule has 0 unspecified atom stereocenters. The van der Waals surface area contributed by atoms with E-state index >= 15 is 0 Å². The zero-order valence-corrected chi connectivity index (χ0v) is 13.3. The Morgan fingerprint density at radius 3 is 2.90 bits per heavy atom. The summed E-state index contributed by atoms with van der Waals surface area (Å²) in [5, 5.41) is 13.7. The van der Waals surface area contributed by atoms with Gasteiger partial charge < -0.3 is 10.6 Å². The number of rotatable bonds is 2. The first-order valence-corrected chi connectivity index (χ1v) is 8.41. The Balaban J connectivity index is 2.13. The molecule has 2 N–H and O–H groups in total. The van der Waals surface area contributed by atoms with E-state index in [0.717, 1.165) is 24.1 Å². The van der Waals surface area contributed by atoms with Gasteiger partial charge in [-0.3, -0.25) is 9.80 Å². The van der Waals surface area contributed by atoms with Gasteiger partial charge in [-0.2, -0.15) is 0 Å². The fourth-order valence-electron chi connectivity index (χ4n) is 3.09. The van der Waals surface area contributed by atoms with Crippen LogP contribution in [0.5, 0.6) is 0 Å². The lowest BCUT2D eigenvalue weighted by molar-refractivity contribution is -0.129. The number of nitrogens with one attached hydrogen (secondary N) is 2. The van der Waals surface area contributed by atoms with Crippen LogP contribution in [-0.4, -0.2) is 28.0 Å². The molecule has 3 rings (SSSR count). The van der Waals surface area contributed by atoms with Crippen molar-refractivity contribution in [2.45, 2.75) is 38.4 Å². The Hall–Kier alpha value is -1.69. The summed E-state index contributed by atoms with van der Waals surface area (Å²) in [4.78, 5) is 12.6. The number of nitrogens with zero attached hydrogens (tertiary/aromatic N) is 2. The largest absolute Gasteiger partial charge is 0.361 e. The van der Waals surface area contributed by atoms with Gasteiger partial charge in [0.1, 0.15) is 5.66 Å². The second kappa shape index (κ2) is 5.26. The van der Waals surface area contributed by atoms with Gasteiger partial charge in [0.2, 0.25) is 0 Å². The number of carbonyl (C=O) groups is 1. The quantitative estimate of drug-likeness (QED) is 0.882.